The molecule has 0 fully saturated rings. The summed E-state index contributed by atoms with van der Waals surface area (Å²) in [5.74, 6) is -0.423. The SMILES string of the molecule is O=C(Nc1cccc(Br)c1)c1cnc(Nc2ccccc2F)cn1. The second-order valence-corrected chi connectivity index (χ2v) is 5.77. The average molecular weight is 387 g/mol. The molecule has 0 saturated carbocycles. The van der Waals surface area contributed by atoms with E-state index in [0.29, 0.717) is 11.5 Å². The molecule has 0 aliphatic rings. The van der Waals surface area contributed by atoms with Crippen LogP contribution in [0.5, 0.6) is 0 Å². The number of hydrogen-bond acceptors (Lipinski definition) is 4. The number of nitrogens with one attached hydrogen (secondary N) is 2. The minimum Gasteiger partial charge on any atom is -0.337 e. The van der Waals surface area contributed by atoms with Crippen LogP contribution in [0.3, 0.4) is 0 Å². The number of amides is 1. The highest BCUT2D eigenvalue weighted by molar-refractivity contribution is 9.10. The van der Waals surface area contributed by atoms with E-state index in [1.165, 1.54) is 18.5 Å². The molecule has 7 heteroatoms. The first kappa shape index (κ1) is 16.1. The number of carbonyl (C=O) groups excluding carboxylic acids is 1. The Hall–Kier alpha value is -2.80. The van der Waals surface area contributed by atoms with Gasteiger partial charge >= 0.3 is 0 Å². The third-order valence-corrected chi connectivity index (χ3v) is 3.60. The van der Waals surface area contributed by atoms with E-state index >= 15 is 0 Å². The van der Waals surface area contributed by atoms with Gasteiger partial charge in [0.25, 0.3) is 5.91 Å². The molecule has 2 N–H and O–H groups in total. The van der Waals surface area contributed by atoms with Gasteiger partial charge in [0.05, 0.1) is 18.1 Å². The fourth-order valence-electron chi connectivity index (χ4n) is 1.97. The Morgan fingerprint density at radius 1 is 1.04 bits per heavy atom. The molecule has 0 bridgehead atoms. The van der Waals surface area contributed by atoms with Gasteiger partial charge in [0.2, 0.25) is 0 Å². The summed E-state index contributed by atoms with van der Waals surface area (Å²) < 4.78 is 14.4. The van der Waals surface area contributed by atoms with Crippen LogP contribution in [0.1, 0.15) is 10.5 Å². The lowest BCUT2D eigenvalue weighted by atomic mass is 10.3. The topological polar surface area (TPSA) is 66.9 Å². The van der Waals surface area contributed by atoms with Gasteiger partial charge in [0.1, 0.15) is 17.3 Å². The van der Waals surface area contributed by atoms with Gasteiger partial charge in [-0.3, -0.25) is 4.79 Å². The van der Waals surface area contributed by atoms with Crippen LogP contribution in [-0.4, -0.2) is 15.9 Å². The smallest absolute Gasteiger partial charge is 0.275 e. The standard InChI is InChI=1S/C17H12BrFN4O/c18-11-4-3-5-12(8-11)22-17(24)15-9-21-16(10-20-15)23-14-7-2-1-6-13(14)19/h1-10H,(H,21,23)(H,22,24). The van der Waals surface area contributed by atoms with Crippen molar-refractivity contribution >= 4 is 39.0 Å². The molecule has 0 aliphatic heterocycles. The number of halogens is 2. The molecule has 0 aliphatic carbocycles. The molecule has 1 heterocycles. The third-order valence-electron chi connectivity index (χ3n) is 3.10. The Kier molecular flexibility index (Phi) is 4.81. The van der Waals surface area contributed by atoms with E-state index in [-0.39, 0.29) is 17.3 Å². The van der Waals surface area contributed by atoms with Crippen molar-refractivity contribution < 1.29 is 9.18 Å². The molecule has 0 radical (unpaired) electrons. The average Bonchev–Trinajstić information content (AvgIpc) is 2.57. The van der Waals surface area contributed by atoms with Gasteiger partial charge in [-0.05, 0) is 30.3 Å². The van der Waals surface area contributed by atoms with Crippen LogP contribution in [0.25, 0.3) is 0 Å². The second kappa shape index (κ2) is 7.18. The number of hydrogen-bond donors (Lipinski definition) is 2. The zero-order valence-electron chi connectivity index (χ0n) is 12.3. The van der Waals surface area contributed by atoms with Crippen LogP contribution < -0.4 is 10.6 Å². The van der Waals surface area contributed by atoms with Gasteiger partial charge < -0.3 is 10.6 Å². The van der Waals surface area contributed by atoms with E-state index < -0.39 is 5.82 Å². The van der Waals surface area contributed by atoms with Crippen LogP contribution >= 0.6 is 15.9 Å². The first-order valence-electron chi connectivity index (χ1n) is 7.02. The largest absolute Gasteiger partial charge is 0.337 e. The molecule has 5 nitrogen and oxygen atoms in total. The fraction of sp³-hybridized carbons (Fsp3) is 0. The van der Waals surface area contributed by atoms with Crippen molar-refractivity contribution in [3.8, 4) is 0 Å². The molecule has 0 saturated heterocycles. The lowest BCUT2D eigenvalue weighted by Gasteiger charge is -2.07. The van der Waals surface area contributed by atoms with E-state index in [1.54, 1.807) is 30.3 Å². The molecule has 1 aromatic heterocycles. The normalized spacial score (nSPS) is 10.2. The minimum absolute atomic E-state index is 0.161. The number of nitrogens with zero attached hydrogens (tertiary/aromatic N) is 2. The zero-order chi connectivity index (χ0) is 16.9. The summed E-state index contributed by atoms with van der Waals surface area (Å²) in [4.78, 5) is 20.3. The summed E-state index contributed by atoms with van der Waals surface area (Å²) in [6, 6.07) is 13.5. The van der Waals surface area contributed by atoms with E-state index in [1.807, 2.05) is 12.1 Å². The second-order valence-electron chi connectivity index (χ2n) is 4.86. The highest BCUT2D eigenvalue weighted by atomic mass is 79.9. The van der Waals surface area contributed by atoms with Crippen molar-refractivity contribution in [2.45, 2.75) is 0 Å². The Balaban J connectivity index is 1.70. The summed E-state index contributed by atoms with van der Waals surface area (Å²) in [5.41, 5.74) is 1.09. The number of aromatic nitrogens is 2. The van der Waals surface area contributed by atoms with Gasteiger partial charge in [0, 0.05) is 10.2 Å². The van der Waals surface area contributed by atoms with Gasteiger partial charge in [0.15, 0.2) is 0 Å². The first-order valence-corrected chi connectivity index (χ1v) is 7.81. The summed E-state index contributed by atoms with van der Waals surface area (Å²) in [6.45, 7) is 0. The maximum absolute atomic E-state index is 13.6. The van der Waals surface area contributed by atoms with Crippen molar-refractivity contribution in [2.75, 3.05) is 10.6 Å². The summed E-state index contributed by atoms with van der Waals surface area (Å²) in [7, 11) is 0. The van der Waals surface area contributed by atoms with Gasteiger partial charge in [-0.25, -0.2) is 14.4 Å². The van der Waals surface area contributed by atoms with E-state index in [9.17, 15) is 9.18 Å². The molecule has 0 atom stereocenters. The Bertz CT molecular complexity index is 870. The lowest BCUT2D eigenvalue weighted by molar-refractivity contribution is 0.102. The molecule has 120 valence electrons. The number of rotatable bonds is 4. The Morgan fingerprint density at radius 3 is 2.58 bits per heavy atom. The molecule has 3 rings (SSSR count). The maximum Gasteiger partial charge on any atom is 0.275 e. The molecule has 2 aromatic carbocycles. The minimum atomic E-state index is -0.393. The van der Waals surface area contributed by atoms with Crippen LogP contribution in [0.2, 0.25) is 0 Å². The van der Waals surface area contributed by atoms with Gasteiger partial charge in [-0.2, -0.15) is 0 Å². The molecule has 3 aromatic rings. The zero-order valence-corrected chi connectivity index (χ0v) is 13.9. The molecule has 24 heavy (non-hydrogen) atoms. The quantitative estimate of drug-likeness (QED) is 0.698. The summed E-state index contributed by atoms with van der Waals surface area (Å²) in [6.07, 6.45) is 2.71. The predicted molar refractivity (Wildman–Crippen MR) is 93.8 cm³/mol. The molecule has 0 unspecified atom stereocenters. The highest BCUT2D eigenvalue weighted by Gasteiger charge is 2.09. The van der Waals surface area contributed by atoms with Gasteiger partial charge in [-0.15, -0.1) is 0 Å². The van der Waals surface area contributed by atoms with Crippen molar-refractivity contribution in [1.82, 2.24) is 9.97 Å². The molecular weight excluding hydrogens is 375 g/mol. The van der Waals surface area contributed by atoms with Crippen molar-refractivity contribution in [2.24, 2.45) is 0 Å². The Morgan fingerprint density at radius 2 is 1.88 bits per heavy atom. The summed E-state index contributed by atoms with van der Waals surface area (Å²) in [5, 5.41) is 5.53. The Labute approximate surface area is 146 Å². The maximum atomic E-state index is 13.6. The number of anilines is 3. The number of benzene rings is 2. The van der Waals surface area contributed by atoms with Crippen LogP contribution in [-0.2, 0) is 0 Å². The van der Waals surface area contributed by atoms with E-state index in [2.05, 4.69) is 36.5 Å². The van der Waals surface area contributed by atoms with E-state index in [0.717, 1.165) is 4.47 Å². The predicted octanol–water partition coefficient (Wildman–Crippen LogP) is 4.37. The summed E-state index contributed by atoms with van der Waals surface area (Å²) >= 11 is 3.34. The van der Waals surface area contributed by atoms with Crippen molar-refractivity contribution in [3.63, 3.8) is 0 Å². The molecular formula is C17H12BrFN4O. The van der Waals surface area contributed by atoms with Crippen LogP contribution in [0.15, 0.2) is 65.4 Å². The molecule has 0 spiro atoms. The number of para-hydroxylation sites is 1. The number of carbonyl (C=O) groups is 1. The highest BCUT2D eigenvalue weighted by Crippen LogP contribution is 2.18. The van der Waals surface area contributed by atoms with Crippen LogP contribution in [0, 0.1) is 5.82 Å². The fourth-order valence-corrected chi connectivity index (χ4v) is 2.37. The lowest BCUT2D eigenvalue weighted by Crippen LogP contribution is -2.14. The van der Waals surface area contributed by atoms with Crippen LogP contribution in [0.4, 0.5) is 21.6 Å². The first-order chi connectivity index (χ1) is 11.6. The monoisotopic (exact) mass is 386 g/mol. The van der Waals surface area contributed by atoms with Crippen molar-refractivity contribution in [1.29, 1.82) is 0 Å². The van der Waals surface area contributed by atoms with E-state index in [4.69, 9.17) is 0 Å². The van der Waals surface area contributed by atoms with Gasteiger partial charge in [-0.1, -0.05) is 34.1 Å². The van der Waals surface area contributed by atoms with Crippen molar-refractivity contribution in [3.05, 3.63) is 76.9 Å². The third kappa shape index (κ3) is 3.94. The molecule has 1 amide bonds.